The summed E-state index contributed by atoms with van der Waals surface area (Å²) in [7, 11) is 0. The molecular weight excluding hydrogens is 635 g/mol. The van der Waals surface area contributed by atoms with Gasteiger partial charge in [0, 0.05) is 74.5 Å². The van der Waals surface area contributed by atoms with E-state index in [0.29, 0.717) is 17.2 Å². The molecule has 3 aromatic rings. The summed E-state index contributed by atoms with van der Waals surface area (Å²) in [6, 6.07) is 15.2. The topological polar surface area (TPSA) is 86.9 Å². The normalized spacial score (nSPS) is 15.3. The largest absolute Gasteiger partial charge is 0.381 e. The first-order valence-corrected chi connectivity index (χ1v) is 15.2. The zero-order chi connectivity index (χ0) is 29.6. The number of halogens is 3. The number of amides is 1. The number of hydrogen-bond acceptors (Lipinski definition) is 6. The number of H-pyrrole nitrogens is 1. The summed E-state index contributed by atoms with van der Waals surface area (Å²) in [5, 5.41) is 3.04. The fourth-order valence-electron chi connectivity index (χ4n) is 6.21. The number of nitrogens with zero attached hydrogens (tertiary/aromatic N) is 2. The molecule has 2 N–H and O–H groups in total. The predicted molar refractivity (Wildman–Crippen MR) is 189 cm³/mol. The molecule has 0 aliphatic carbocycles. The second-order valence-electron chi connectivity index (χ2n) is 11.5. The van der Waals surface area contributed by atoms with Gasteiger partial charge in [-0.2, -0.15) is 0 Å². The van der Waals surface area contributed by atoms with Gasteiger partial charge in [-0.1, -0.05) is 24.3 Å². The summed E-state index contributed by atoms with van der Waals surface area (Å²) < 4.78 is 11.1. The van der Waals surface area contributed by atoms with E-state index in [2.05, 4.69) is 57.4 Å². The van der Waals surface area contributed by atoms with E-state index in [9.17, 15) is 9.59 Å². The van der Waals surface area contributed by atoms with Gasteiger partial charge in [0.1, 0.15) is 0 Å². The summed E-state index contributed by atoms with van der Waals surface area (Å²) in [6.45, 7) is 14.9. The number of ether oxygens (including phenoxy) is 2. The standard InChI is InChI=1S/C34H44N4O4.3ClH/c1-5-38(29-10-14-41-15-11-29)32-20-28(27-8-6-26(7-9-27)22-37-12-16-42-17-13-37)19-30(25(32)4)33(39)35-21-31-23(2)18-24(3)36-34(31)40;;;/h6-9,18-20,29H,5,10-17,21-22H2,1-4H3,(H,35,39)(H,36,40);3*1H. The van der Waals surface area contributed by atoms with E-state index in [4.69, 9.17) is 9.47 Å². The Morgan fingerprint density at radius 1 is 0.933 bits per heavy atom. The molecule has 2 aliphatic heterocycles. The molecular formula is C34H47Cl3N4O4. The Hall–Kier alpha value is -2.59. The van der Waals surface area contributed by atoms with Crippen molar-refractivity contribution in [2.24, 2.45) is 0 Å². The number of aryl methyl sites for hydroxylation is 2. The van der Waals surface area contributed by atoms with E-state index in [1.807, 2.05) is 32.9 Å². The number of pyridine rings is 1. The lowest BCUT2D eigenvalue weighted by Crippen LogP contribution is -2.40. The highest BCUT2D eigenvalue weighted by Crippen LogP contribution is 2.34. The molecule has 8 nitrogen and oxygen atoms in total. The highest BCUT2D eigenvalue weighted by atomic mass is 35.5. The van der Waals surface area contributed by atoms with Crippen molar-refractivity contribution in [3.63, 3.8) is 0 Å². The number of anilines is 1. The third-order valence-corrected chi connectivity index (χ3v) is 8.62. The Labute approximate surface area is 285 Å². The number of benzene rings is 2. The fraction of sp³-hybridized carbons (Fsp3) is 0.471. The molecule has 2 aromatic carbocycles. The highest BCUT2D eigenvalue weighted by molar-refractivity contribution is 5.99. The van der Waals surface area contributed by atoms with Crippen molar-refractivity contribution in [1.29, 1.82) is 0 Å². The third-order valence-electron chi connectivity index (χ3n) is 8.62. The number of morpholine rings is 1. The van der Waals surface area contributed by atoms with Gasteiger partial charge in [-0.05, 0) is 86.6 Å². The van der Waals surface area contributed by atoms with Crippen LogP contribution in [0.4, 0.5) is 5.69 Å². The van der Waals surface area contributed by atoms with E-state index in [1.54, 1.807) is 0 Å². The van der Waals surface area contributed by atoms with Gasteiger partial charge in [0.05, 0.1) is 13.2 Å². The first kappa shape index (κ1) is 38.6. The average Bonchev–Trinajstić information content (AvgIpc) is 2.99. The van der Waals surface area contributed by atoms with Crippen LogP contribution in [0.3, 0.4) is 0 Å². The van der Waals surface area contributed by atoms with Crippen LogP contribution in [0.15, 0.2) is 47.3 Å². The fourth-order valence-corrected chi connectivity index (χ4v) is 6.21. The van der Waals surface area contributed by atoms with E-state index in [0.717, 1.165) is 99.1 Å². The molecule has 2 saturated heterocycles. The first-order valence-electron chi connectivity index (χ1n) is 15.2. The maximum Gasteiger partial charge on any atom is 0.253 e. The number of rotatable bonds is 9. The molecule has 2 aliphatic rings. The van der Waals surface area contributed by atoms with Crippen molar-refractivity contribution in [2.75, 3.05) is 51.0 Å². The third kappa shape index (κ3) is 9.47. The predicted octanol–water partition coefficient (Wildman–Crippen LogP) is 6.00. The minimum atomic E-state index is -0.179. The Kier molecular flexibility index (Phi) is 15.4. The lowest BCUT2D eigenvalue weighted by molar-refractivity contribution is 0.0342. The molecule has 1 amide bonds. The SMILES string of the molecule is CCN(c1cc(-c2ccc(CN3CCOCC3)cc2)cc(C(=O)NCc2c(C)cc(C)[nH]c2=O)c1C)C1CCOCC1.Cl.Cl.Cl. The van der Waals surface area contributed by atoms with Crippen LogP contribution in [-0.4, -0.2) is 67.9 Å². The molecule has 0 unspecified atom stereocenters. The summed E-state index contributed by atoms with van der Waals surface area (Å²) in [4.78, 5) is 34.0. The number of aromatic amines is 1. The number of carbonyl (C=O) groups excluding carboxylic acids is 1. The summed E-state index contributed by atoms with van der Waals surface area (Å²) in [5.74, 6) is -0.179. The van der Waals surface area contributed by atoms with E-state index < -0.39 is 0 Å². The molecule has 0 atom stereocenters. The van der Waals surface area contributed by atoms with Crippen LogP contribution in [0, 0.1) is 20.8 Å². The van der Waals surface area contributed by atoms with Gasteiger partial charge in [-0.3, -0.25) is 14.5 Å². The van der Waals surface area contributed by atoms with Crippen molar-refractivity contribution in [1.82, 2.24) is 15.2 Å². The van der Waals surface area contributed by atoms with Gasteiger partial charge in [-0.25, -0.2) is 0 Å². The molecule has 3 heterocycles. The van der Waals surface area contributed by atoms with Crippen molar-refractivity contribution in [3.8, 4) is 11.1 Å². The van der Waals surface area contributed by atoms with Crippen molar-refractivity contribution in [2.45, 2.75) is 59.7 Å². The van der Waals surface area contributed by atoms with Crippen LogP contribution in [-0.2, 0) is 22.6 Å². The van der Waals surface area contributed by atoms with E-state index >= 15 is 0 Å². The second-order valence-corrected chi connectivity index (χ2v) is 11.5. The minimum absolute atomic E-state index is 0. The van der Waals surface area contributed by atoms with Crippen LogP contribution in [0.25, 0.3) is 11.1 Å². The maximum absolute atomic E-state index is 13.7. The van der Waals surface area contributed by atoms with Crippen molar-refractivity contribution in [3.05, 3.63) is 86.3 Å². The molecule has 11 heteroatoms. The van der Waals surface area contributed by atoms with Crippen LogP contribution in [0.1, 0.15) is 58.1 Å². The summed E-state index contributed by atoms with van der Waals surface area (Å²) >= 11 is 0. The van der Waals surface area contributed by atoms with Crippen molar-refractivity contribution >= 4 is 48.8 Å². The lowest BCUT2D eigenvalue weighted by atomic mass is 9.94. The summed E-state index contributed by atoms with van der Waals surface area (Å²) in [5.41, 5.74) is 8.11. The Bertz CT molecular complexity index is 1450. The molecule has 0 saturated carbocycles. The second kappa shape index (κ2) is 17.9. The number of hydrogen-bond donors (Lipinski definition) is 2. The van der Waals surface area contributed by atoms with Gasteiger partial charge < -0.3 is 24.7 Å². The maximum atomic E-state index is 13.7. The first-order chi connectivity index (χ1) is 20.3. The molecule has 1 aromatic heterocycles. The van der Waals surface area contributed by atoms with Gasteiger partial charge in [-0.15, -0.1) is 37.2 Å². The molecule has 45 heavy (non-hydrogen) atoms. The smallest absolute Gasteiger partial charge is 0.253 e. The molecule has 0 radical (unpaired) electrons. The van der Waals surface area contributed by atoms with Crippen LogP contribution < -0.4 is 15.8 Å². The lowest BCUT2D eigenvalue weighted by Gasteiger charge is -2.37. The Morgan fingerprint density at radius 2 is 1.58 bits per heavy atom. The van der Waals surface area contributed by atoms with Crippen LogP contribution >= 0.6 is 37.2 Å². The van der Waals surface area contributed by atoms with Crippen LogP contribution in [0.2, 0.25) is 0 Å². The number of aromatic nitrogens is 1. The molecule has 248 valence electrons. The monoisotopic (exact) mass is 680 g/mol. The van der Waals surface area contributed by atoms with Gasteiger partial charge in [0.15, 0.2) is 0 Å². The molecule has 0 bridgehead atoms. The van der Waals surface area contributed by atoms with Gasteiger partial charge in [0.25, 0.3) is 11.5 Å². The minimum Gasteiger partial charge on any atom is -0.381 e. The van der Waals surface area contributed by atoms with E-state index in [-0.39, 0.29) is 55.2 Å². The van der Waals surface area contributed by atoms with Gasteiger partial charge >= 0.3 is 0 Å². The molecule has 0 spiro atoms. The zero-order valence-corrected chi connectivity index (χ0v) is 29.1. The average molecular weight is 682 g/mol. The summed E-state index contributed by atoms with van der Waals surface area (Å²) in [6.07, 6.45) is 1.93. The van der Waals surface area contributed by atoms with E-state index in [1.165, 1.54) is 5.56 Å². The molecule has 2 fully saturated rings. The van der Waals surface area contributed by atoms with Gasteiger partial charge in [0.2, 0.25) is 0 Å². The quantitative estimate of drug-likeness (QED) is 0.288. The highest BCUT2D eigenvalue weighted by Gasteiger charge is 2.25. The number of carbonyl (C=O) groups is 1. The zero-order valence-electron chi connectivity index (χ0n) is 26.6. The van der Waals surface area contributed by atoms with Crippen LogP contribution in [0.5, 0.6) is 0 Å². The van der Waals surface area contributed by atoms with Crippen molar-refractivity contribution < 1.29 is 14.3 Å². The Morgan fingerprint density at radius 3 is 2.20 bits per heavy atom. The Balaban J connectivity index is 0.00000235. The number of nitrogens with one attached hydrogen (secondary N) is 2. The molecule has 5 rings (SSSR count).